The Kier molecular flexibility index (Phi) is 12.9. The monoisotopic (exact) mass is 327 g/mol. The summed E-state index contributed by atoms with van der Waals surface area (Å²) in [5.41, 5.74) is 0. The molecule has 1 unspecified atom stereocenters. The topological polar surface area (TPSA) is 63.2 Å². The SMILES string of the molecule is CCCCCCO[P+](=O)O[Si](OCC)(OCC)OCC. The Morgan fingerprint density at radius 2 is 1.40 bits per heavy atom. The van der Waals surface area contributed by atoms with Crippen LogP contribution >= 0.6 is 8.25 Å². The second-order valence-corrected chi connectivity index (χ2v) is 7.31. The quantitative estimate of drug-likeness (QED) is 0.275. The van der Waals surface area contributed by atoms with Gasteiger partial charge in [0.15, 0.2) is 0 Å². The second kappa shape index (κ2) is 12.8. The van der Waals surface area contributed by atoms with Crippen LogP contribution in [0.25, 0.3) is 0 Å². The van der Waals surface area contributed by atoms with E-state index in [0.717, 1.165) is 25.7 Å². The van der Waals surface area contributed by atoms with Crippen molar-refractivity contribution in [2.75, 3.05) is 26.4 Å². The molecule has 8 heteroatoms. The molecule has 0 fully saturated rings. The molecule has 0 bridgehead atoms. The molecular formula is C12H28O6PSi+. The third-order valence-electron chi connectivity index (χ3n) is 2.34. The molecule has 0 aliphatic heterocycles. The van der Waals surface area contributed by atoms with E-state index in [-0.39, 0.29) is 0 Å². The van der Waals surface area contributed by atoms with Gasteiger partial charge in [0.1, 0.15) is 6.61 Å². The van der Waals surface area contributed by atoms with Crippen molar-refractivity contribution in [1.29, 1.82) is 0 Å². The van der Waals surface area contributed by atoms with Crippen LogP contribution in [0.5, 0.6) is 0 Å². The van der Waals surface area contributed by atoms with Gasteiger partial charge in [-0.25, -0.2) is 0 Å². The van der Waals surface area contributed by atoms with Crippen molar-refractivity contribution in [3.8, 4) is 0 Å². The highest BCUT2D eigenvalue weighted by molar-refractivity contribution is 7.35. The highest BCUT2D eigenvalue weighted by Crippen LogP contribution is 2.31. The van der Waals surface area contributed by atoms with Crippen LogP contribution in [0.1, 0.15) is 53.4 Å². The summed E-state index contributed by atoms with van der Waals surface area (Å²) in [6, 6.07) is 0. The van der Waals surface area contributed by atoms with Crippen molar-refractivity contribution in [1.82, 2.24) is 0 Å². The fourth-order valence-corrected chi connectivity index (χ4v) is 4.68. The first-order valence-electron chi connectivity index (χ1n) is 7.35. The van der Waals surface area contributed by atoms with Gasteiger partial charge in [0.2, 0.25) is 0 Å². The molecule has 0 amide bonds. The van der Waals surface area contributed by atoms with E-state index < -0.39 is 17.3 Å². The van der Waals surface area contributed by atoms with Crippen LogP contribution in [0.2, 0.25) is 0 Å². The van der Waals surface area contributed by atoms with Crippen molar-refractivity contribution in [3.63, 3.8) is 0 Å². The van der Waals surface area contributed by atoms with Crippen LogP contribution < -0.4 is 0 Å². The van der Waals surface area contributed by atoms with E-state index >= 15 is 0 Å². The van der Waals surface area contributed by atoms with Crippen molar-refractivity contribution < 1.29 is 26.6 Å². The Morgan fingerprint density at radius 1 is 0.850 bits per heavy atom. The average molecular weight is 327 g/mol. The first-order chi connectivity index (χ1) is 9.64. The van der Waals surface area contributed by atoms with Gasteiger partial charge in [0, 0.05) is 24.4 Å². The maximum Gasteiger partial charge on any atom is 0.728 e. The normalized spacial score (nSPS) is 12.7. The van der Waals surface area contributed by atoms with E-state index in [9.17, 15) is 4.57 Å². The summed E-state index contributed by atoms with van der Waals surface area (Å²) >= 11 is 0. The molecule has 0 rings (SSSR count). The minimum absolute atomic E-state index is 0.367. The highest BCUT2D eigenvalue weighted by atomic mass is 31.1. The lowest BCUT2D eigenvalue weighted by Crippen LogP contribution is -2.47. The van der Waals surface area contributed by atoms with E-state index in [1.807, 2.05) is 20.8 Å². The molecule has 20 heavy (non-hydrogen) atoms. The van der Waals surface area contributed by atoms with E-state index in [0.29, 0.717) is 26.4 Å². The predicted molar refractivity (Wildman–Crippen MR) is 79.4 cm³/mol. The minimum Gasteiger partial charge on any atom is -0.349 e. The van der Waals surface area contributed by atoms with Gasteiger partial charge in [-0.05, 0) is 27.2 Å². The first-order valence-corrected chi connectivity index (χ1v) is 10.1. The zero-order valence-corrected chi connectivity index (χ0v) is 14.9. The molecule has 0 aromatic heterocycles. The van der Waals surface area contributed by atoms with Crippen molar-refractivity contribution in [2.45, 2.75) is 53.4 Å². The number of unbranched alkanes of at least 4 members (excludes halogenated alkanes) is 3. The maximum atomic E-state index is 11.8. The van der Waals surface area contributed by atoms with Gasteiger partial charge < -0.3 is 13.3 Å². The van der Waals surface area contributed by atoms with Crippen LogP contribution in [0, 0.1) is 0 Å². The Bertz CT molecular complexity index is 237. The molecule has 1 atom stereocenters. The highest BCUT2D eigenvalue weighted by Gasteiger charge is 2.54. The van der Waals surface area contributed by atoms with E-state index in [1.165, 1.54) is 0 Å². The zero-order valence-electron chi connectivity index (χ0n) is 13.1. The molecule has 0 radical (unpaired) electrons. The Balaban J connectivity index is 4.22. The summed E-state index contributed by atoms with van der Waals surface area (Å²) < 4.78 is 38.6. The van der Waals surface area contributed by atoms with Crippen LogP contribution in [0.4, 0.5) is 0 Å². The standard InChI is InChI=1S/C12H28O6PSi/c1-5-9-10-11-12-14-19(13)18-20(15-6-2,16-7-3)17-8-4/h5-12H2,1-4H3/q+1. The molecule has 0 aromatic rings. The third-order valence-corrected chi connectivity index (χ3v) is 6.16. The van der Waals surface area contributed by atoms with Crippen molar-refractivity contribution in [2.24, 2.45) is 0 Å². The predicted octanol–water partition coefficient (Wildman–Crippen LogP) is 3.80. The molecule has 120 valence electrons. The molecule has 0 saturated heterocycles. The summed E-state index contributed by atoms with van der Waals surface area (Å²) in [7, 11) is -5.63. The summed E-state index contributed by atoms with van der Waals surface area (Å²) in [4.78, 5) is 0. The van der Waals surface area contributed by atoms with Gasteiger partial charge in [-0.2, -0.15) is 0 Å². The van der Waals surface area contributed by atoms with Crippen molar-refractivity contribution >= 4 is 17.3 Å². The van der Waals surface area contributed by atoms with Gasteiger partial charge >= 0.3 is 17.3 Å². The molecular weight excluding hydrogens is 299 g/mol. The zero-order chi connectivity index (χ0) is 15.3. The molecule has 0 heterocycles. The largest absolute Gasteiger partial charge is 0.728 e. The minimum atomic E-state index is -3.34. The molecule has 6 nitrogen and oxygen atoms in total. The van der Waals surface area contributed by atoms with Gasteiger partial charge in [0.05, 0.1) is 0 Å². The summed E-state index contributed by atoms with van der Waals surface area (Å²) in [6.07, 6.45) is 4.23. The van der Waals surface area contributed by atoms with Gasteiger partial charge in [0.25, 0.3) is 0 Å². The fourth-order valence-electron chi connectivity index (χ4n) is 1.52. The van der Waals surface area contributed by atoms with E-state index in [4.69, 9.17) is 22.0 Å². The lowest BCUT2D eigenvalue weighted by atomic mass is 10.2. The van der Waals surface area contributed by atoms with E-state index in [2.05, 4.69) is 6.92 Å². The number of hydrogen-bond acceptors (Lipinski definition) is 6. The van der Waals surface area contributed by atoms with E-state index in [1.54, 1.807) is 0 Å². The molecule has 0 saturated carbocycles. The average Bonchev–Trinajstić information content (AvgIpc) is 2.39. The summed E-state index contributed by atoms with van der Waals surface area (Å²) in [5, 5.41) is 0. The second-order valence-electron chi connectivity index (χ2n) is 4.01. The smallest absolute Gasteiger partial charge is 0.349 e. The van der Waals surface area contributed by atoms with Crippen LogP contribution in [0.15, 0.2) is 0 Å². The lowest BCUT2D eigenvalue weighted by Gasteiger charge is -2.20. The molecule has 0 N–H and O–H groups in total. The molecule has 0 aliphatic carbocycles. The summed E-state index contributed by atoms with van der Waals surface area (Å²) in [6.45, 7) is 9.07. The van der Waals surface area contributed by atoms with Gasteiger partial charge in [-0.1, -0.05) is 30.4 Å². The number of rotatable bonds is 14. The first kappa shape index (κ1) is 20.1. The molecule has 0 aliphatic rings. The Morgan fingerprint density at radius 3 is 1.85 bits per heavy atom. The summed E-state index contributed by atoms with van der Waals surface area (Å²) in [5.74, 6) is 0. The Labute approximate surface area is 124 Å². The van der Waals surface area contributed by atoms with Crippen LogP contribution in [0.3, 0.4) is 0 Å². The maximum absolute atomic E-state index is 11.8. The van der Waals surface area contributed by atoms with Crippen LogP contribution in [-0.2, 0) is 26.6 Å². The third kappa shape index (κ3) is 9.13. The van der Waals surface area contributed by atoms with Crippen molar-refractivity contribution in [3.05, 3.63) is 0 Å². The fraction of sp³-hybridized carbons (Fsp3) is 1.00. The van der Waals surface area contributed by atoms with Gasteiger partial charge in [-0.15, -0.1) is 4.52 Å². The number of hydrogen-bond donors (Lipinski definition) is 0. The molecule has 0 spiro atoms. The van der Waals surface area contributed by atoms with Gasteiger partial charge in [-0.3, -0.25) is 0 Å². The molecule has 0 aromatic carbocycles. The van der Waals surface area contributed by atoms with Crippen LogP contribution in [-0.4, -0.2) is 35.5 Å². The Hall–Kier alpha value is 0.117. The lowest BCUT2D eigenvalue weighted by molar-refractivity contribution is 0.00738.